The first-order valence-corrected chi connectivity index (χ1v) is 7.66. The summed E-state index contributed by atoms with van der Waals surface area (Å²) in [6.07, 6.45) is 3.38. The van der Waals surface area contributed by atoms with E-state index in [-0.39, 0.29) is 12.6 Å². The third-order valence-corrected chi connectivity index (χ3v) is 4.66. The molecule has 1 aliphatic rings. The average molecular weight is 342 g/mol. The molecule has 2 atom stereocenters. The van der Waals surface area contributed by atoms with E-state index in [2.05, 4.69) is 21.2 Å². The summed E-state index contributed by atoms with van der Waals surface area (Å²) in [5.41, 5.74) is 1.64. The zero-order valence-corrected chi connectivity index (χ0v) is 13.1. The van der Waals surface area contributed by atoms with Gasteiger partial charge in [0.15, 0.2) is 0 Å². The van der Waals surface area contributed by atoms with Gasteiger partial charge in [0.05, 0.1) is 12.7 Å². The molecule has 1 aromatic carbocycles. The average Bonchev–Trinajstić information content (AvgIpc) is 2.92. The van der Waals surface area contributed by atoms with Crippen molar-refractivity contribution in [2.24, 2.45) is 5.92 Å². The summed E-state index contributed by atoms with van der Waals surface area (Å²) in [5, 5.41) is 12.8. The van der Waals surface area contributed by atoms with E-state index in [9.17, 15) is 9.90 Å². The van der Waals surface area contributed by atoms with Gasteiger partial charge < -0.3 is 15.2 Å². The van der Waals surface area contributed by atoms with Crippen LogP contribution in [0.25, 0.3) is 0 Å². The Morgan fingerprint density at radius 2 is 2.30 bits per heavy atom. The Balaban J connectivity index is 1.98. The molecule has 4 nitrogen and oxygen atoms in total. The van der Waals surface area contributed by atoms with Crippen LogP contribution in [0.3, 0.4) is 0 Å². The minimum Gasteiger partial charge on any atom is -0.465 e. The molecule has 0 aliphatic heterocycles. The molecule has 1 aliphatic carbocycles. The number of ether oxygens (including phenoxy) is 1. The molecular formula is C15H20BrNO3. The fraction of sp³-hybridized carbons (Fsp3) is 0.533. The van der Waals surface area contributed by atoms with Crippen LogP contribution in [0.4, 0.5) is 0 Å². The van der Waals surface area contributed by atoms with Crippen LogP contribution in [0.2, 0.25) is 0 Å². The Morgan fingerprint density at radius 1 is 1.50 bits per heavy atom. The van der Waals surface area contributed by atoms with Gasteiger partial charge in [-0.2, -0.15) is 0 Å². The molecule has 2 N–H and O–H groups in total. The molecule has 0 spiro atoms. The van der Waals surface area contributed by atoms with Gasteiger partial charge in [0, 0.05) is 23.7 Å². The molecule has 0 heterocycles. The Labute approximate surface area is 127 Å². The Kier molecular flexibility index (Phi) is 5.57. The fourth-order valence-corrected chi connectivity index (χ4v) is 3.22. The van der Waals surface area contributed by atoms with Crippen molar-refractivity contribution >= 4 is 21.9 Å². The predicted molar refractivity (Wildman–Crippen MR) is 80.5 cm³/mol. The Hall–Kier alpha value is -0.910. The monoisotopic (exact) mass is 341 g/mol. The van der Waals surface area contributed by atoms with E-state index < -0.39 is 0 Å². The molecule has 1 saturated carbocycles. The zero-order chi connectivity index (χ0) is 14.5. The summed E-state index contributed by atoms with van der Waals surface area (Å²) in [6.45, 7) is 0.976. The van der Waals surface area contributed by atoms with E-state index in [1.165, 1.54) is 13.5 Å². The zero-order valence-electron chi connectivity index (χ0n) is 11.6. The van der Waals surface area contributed by atoms with E-state index in [0.29, 0.717) is 17.5 Å². The number of nitrogens with one attached hydrogen (secondary N) is 1. The number of hydrogen-bond acceptors (Lipinski definition) is 4. The topological polar surface area (TPSA) is 58.6 Å². The van der Waals surface area contributed by atoms with Crippen molar-refractivity contribution in [3.8, 4) is 0 Å². The van der Waals surface area contributed by atoms with Gasteiger partial charge in [0.2, 0.25) is 0 Å². The molecular weight excluding hydrogens is 322 g/mol. The Bertz CT molecular complexity index is 478. The lowest BCUT2D eigenvalue weighted by Crippen LogP contribution is -2.33. The molecule has 0 amide bonds. The van der Waals surface area contributed by atoms with Gasteiger partial charge in [-0.1, -0.05) is 28.4 Å². The highest BCUT2D eigenvalue weighted by Crippen LogP contribution is 2.26. The first kappa shape index (κ1) is 15.5. The molecule has 2 unspecified atom stereocenters. The van der Waals surface area contributed by atoms with Gasteiger partial charge in [-0.25, -0.2) is 4.79 Å². The van der Waals surface area contributed by atoms with Crippen molar-refractivity contribution in [2.75, 3.05) is 13.7 Å². The molecule has 0 radical (unpaired) electrons. The van der Waals surface area contributed by atoms with Gasteiger partial charge in [0.25, 0.3) is 0 Å². The molecule has 110 valence electrons. The number of benzene rings is 1. The number of carbonyl (C=O) groups is 1. The maximum absolute atomic E-state index is 11.4. The highest BCUT2D eigenvalue weighted by molar-refractivity contribution is 9.10. The van der Waals surface area contributed by atoms with Crippen LogP contribution in [-0.4, -0.2) is 30.8 Å². The molecule has 0 aromatic heterocycles. The lowest BCUT2D eigenvalue weighted by molar-refractivity contribution is 0.0600. The maximum Gasteiger partial charge on any atom is 0.337 e. The minimum atomic E-state index is -0.332. The third-order valence-electron chi connectivity index (χ3n) is 3.92. The lowest BCUT2D eigenvalue weighted by atomic mass is 10.0. The number of aliphatic hydroxyl groups is 1. The second kappa shape index (κ2) is 7.20. The van der Waals surface area contributed by atoms with Crippen molar-refractivity contribution in [3.05, 3.63) is 33.8 Å². The lowest BCUT2D eigenvalue weighted by Gasteiger charge is -2.19. The van der Waals surface area contributed by atoms with E-state index in [1.807, 2.05) is 6.07 Å². The summed E-state index contributed by atoms with van der Waals surface area (Å²) in [7, 11) is 1.38. The minimum absolute atomic E-state index is 0.250. The molecule has 0 saturated heterocycles. The molecule has 1 aromatic rings. The SMILES string of the molecule is COC(=O)c1ccc(CNC2CCCC2CO)c(Br)c1. The van der Waals surface area contributed by atoms with E-state index in [4.69, 9.17) is 4.74 Å². The quantitative estimate of drug-likeness (QED) is 0.808. The molecule has 0 bridgehead atoms. The van der Waals surface area contributed by atoms with Crippen LogP contribution >= 0.6 is 15.9 Å². The summed E-state index contributed by atoms with van der Waals surface area (Å²) in [5.74, 6) is 0.0319. The number of halogens is 1. The van der Waals surface area contributed by atoms with Crippen molar-refractivity contribution in [2.45, 2.75) is 31.8 Å². The standard InChI is InChI=1S/C15H20BrNO3/c1-20-15(19)10-5-6-11(13(16)7-10)8-17-14-4-2-3-12(14)9-18/h5-7,12,14,17-18H,2-4,8-9H2,1H3. The van der Waals surface area contributed by atoms with Crippen LogP contribution in [0.15, 0.2) is 22.7 Å². The van der Waals surface area contributed by atoms with E-state index in [0.717, 1.165) is 29.4 Å². The smallest absolute Gasteiger partial charge is 0.337 e. The summed E-state index contributed by atoms with van der Waals surface area (Å²) in [6, 6.07) is 5.85. The first-order chi connectivity index (χ1) is 9.65. The third kappa shape index (κ3) is 3.59. The summed E-state index contributed by atoms with van der Waals surface area (Å²) < 4.78 is 5.59. The van der Waals surface area contributed by atoms with Gasteiger partial charge in [0.1, 0.15) is 0 Å². The van der Waals surface area contributed by atoms with Crippen molar-refractivity contribution in [1.82, 2.24) is 5.32 Å². The highest BCUT2D eigenvalue weighted by atomic mass is 79.9. The highest BCUT2D eigenvalue weighted by Gasteiger charge is 2.26. The number of aliphatic hydroxyl groups excluding tert-OH is 1. The fourth-order valence-electron chi connectivity index (χ4n) is 2.70. The van der Waals surface area contributed by atoms with E-state index >= 15 is 0 Å². The Morgan fingerprint density at radius 3 is 2.95 bits per heavy atom. The van der Waals surface area contributed by atoms with Crippen molar-refractivity contribution < 1.29 is 14.6 Å². The second-order valence-corrected chi connectivity index (χ2v) is 6.01. The number of esters is 1. The van der Waals surface area contributed by atoms with Gasteiger partial charge in [-0.15, -0.1) is 0 Å². The van der Waals surface area contributed by atoms with Crippen molar-refractivity contribution in [1.29, 1.82) is 0 Å². The first-order valence-electron chi connectivity index (χ1n) is 6.86. The summed E-state index contributed by atoms with van der Waals surface area (Å²) >= 11 is 3.49. The van der Waals surface area contributed by atoms with Crippen LogP contribution in [0.5, 0.6) is 0 Å². The largest absolute Gasteiger partial charge is 0.465 e. The molecule has 1 fully saturated rings. The number of rotatable bonds is 5. The number of hydrogen-bond donors (Lipinski definition) is 2. The number of methoxy groups -OCH3 is 1. The number of carbonyl (C=O) groups excluding carboxylic acids is 1. The van der Waals surface area contributed by atoms with Gasteiger partial charge in [-0.05, 0) is 36.5 Å². The molecule has 20 heavy (non-hydrogen) atoms. The molecule has 5 heteroatoms. The second-order valence-electron chi connectivity index (χ2n) is 5.16. The van der Waals surface area contributed by atoms with Crippen molar-refractivity contribution in [3.63, 3.8) is 0 Å². The predicted octanol–water partition coefficient (Wildman–Crippen LogP) is 2.49. The van der Waals surface area contributed by atoms with Crippen LogP contribution < -0.4 is 5.32 Å². The van der Waals surface area contributed by atoms with Gasteiger partial charge in [-0.3, -0.25) is 0 Å². The summed E-state index contributed by atoms with van der Waals surface area (Å²) in [4.78, 5) is 11.4. The maximum atomic E-state index is 11.4. The van der Waals surface area contributed by atoms with Crippen LogP contribution in [-0.2, 0) is 11.3 Å². The van der Waals surface area contributed by atoms with Crippen LogP contribution in [0, 0.1) is 5.92 Å². The normalized spacial score (nSPS) is 21.9. The van der Waals surface area contributed by atoms with Crippen LogP contribution in [0.1, 0.15) is 35.2 Å². The van der Waals surface area contributed by atoms with E-state index in [1.54, 1.807) is 12.1 Å². The molecule has 2 rings (SSSR count). The van der Waals surface area contributed by atoms with Gasteiger partial charge >= 0.3 is 5.97 Å².